The normalized spacial score (nSPS) is 9.31. The van der Waals surface area contributed by atoms with Gasteiger partial charge in [0, 0.05) is 6.54 Å². The highest BCUT2D eigenvalue weighted by Gasteiger charge is 2.01. The molecule has 1 aromatic carbocycles. The third-order valence-corrected chi connectivity index (χ3v) is 2.19. The van der Waals surface area contributed by atoms with Gasteiger partial charge in [-0.2, -0.15) is 0 Å². The van der Waals surface area contributed by atoms with Gasteiger partial charge in [0.25, 0.3) is 0 Å². The molecular weight excluding hydrogens is 224 g/mol. The van der Waals surface area contributed by atoms with Gasteiger partial charge in [0.15, 0.2) is 5.11 Å². The first-order chi connectivity index (χ1) is 7.72. The monoisotopic (exact) mass is 238 g/mol. The molecule has 0 unspecified atom stereocenters. The van der Waals surface area contributed by atoms with Crippen molar-refractivity contribution in [2.24, 2.45) is 0 Å². The van der Waals surface area contributed by atoms with E-state index in [0.717, 1.165) is 6.42 Å². The van der Waals surface area contributed by atoms with Gasteiger partial charge in [-0.1, -0.05) is 30.3 Å². The number of alkyl carbamates (subject to hydrolysis) is 1. The average Bonchev–Trinajstić information content (AvgIpc) is 2.30. The lowest BCUT2D eigenvalue weighted by molar-refractivity contribution is 0.176. The van der Waals surface area contributed by atoms with E-state index >= 15 is 0 Å². The minimum absolute atomic E-state index is 0.280. The summed E-state index contributed by atoms with van der Waals surface area (Å²) in [6.07, 6.45) is 0.293. The van der Waals surface area contributed by atoms with Crippen LogP contribution in [0.5, 0.6) is 0 Å². The Balaban J connectivity index is 2.21. The van der Waals surface area contributed by atoms with Crippen LogP contribution in [0.3, 0.4) is 0 Å². The van der Waals surface area contributed by atoms with E-state index in [9.17, 15) is 4.79 Å². The number of benzene rings is 1. The molecule has 0 aliphatic heterocycles. The fraction of sp³-hybridized carbons (Fsp3) is 0.273. The lowest BCUT2D eigenvalue weighted by Gasteiger charge is -2.08. The molecule has 0 fully saturated rings. The van der Waals surface area contributed by atoms with Crippen LogP contribution >= 0.6 is 12.2 Å². The molecule has 86 valence electrons. The maximum Gasteiger partial charge on any atom is 0.413 e. The van der Waals surface area contributed by atoms with Crippen LogP contribution in [-0.2, 0) is 11.2 Å². The van der Waals surface area contributed by atoms with Crippen molar-refractivity contribution in [3.05, 3.63) is 35.9 Å². The second-order valence-electron chi connectivity index (χ2n) is 3.11. The van der Waals surface area contributed by atoms with Gasteiger partial charge >= 0.3 is 6.09 Å². The summed E-state index contributed by atoms with van der Waals surface area (Å²) in [6, 6.07) is 10.0. The molecule has 4 nitrogen and oxygen atoms in total. The van der Waals surface area contributed by atoms with Crippen molar-refractivity contribution in [1.29, 1.82) is 0 Å². The molecule has 0 aliphatic rings. The second-order valence-corrected chi connectivity index (χ2v) is 3.52. The van der Waals surface area contributed by atoms with Gasteiger partial charge < -0.3 is 10.1 Å². The first-order valence-electron chi connectivity index (χ1n) is 4.89. The molecule has 0 aliphatic carbocycles. The minimum atomic E-state index is -0.558. The van der Waals surface area contributed by atoms with Crippen LogP contribution < -0.4 is 10.6 Å². The van der Waals surface area contributed by atoms with Crippen LogP contribution in [0, 0.1) is 0 Å². The molecule has 1 rings (SSSR count). The van der Waals surface area contributed by atoms with Crippen molar-refractivity contribution in [1.82, 2.24) is 10.6 Å². The SMILES string of the molecule is COC(=O)NC(=S)NCCc1ccccc1. The number of ether oxygens (including phenoxy) is 1. The zero-order valence-corrected chi connectivity index (χ0v) is 9.84. The smallest absolute Gasteiger partial charge is 0.413 e. The number of carbonyl (C=O) groups is 1. The van der Waals surface area contributed by atoms with Crippen molar-refractivity contribution < 1.29 is 9.53 Å². The molecule has 0 atom stereocenters. The first-order valence-corrected chi connectivity index (χ1v) is 5.30. The van der Waals surface area contributed by atoms with E-state index in [1.54, 1.807) is 0 Å². The molecule has 1 aromatic rings. The van der Waals surface area contributed by atoms with E-state index in [2.05, 4.69) is 15.4 Å². The van der Waals surface area contributed by atoms with Crippen LogP contribution in [0.25, 0.3) is 0 Å². The van der Waals surface area contributed by atoms with Crippen molar-refractivity contribution in [3.8, 4) is 0 Å². The van der Waals surface area contributed by atoms with Gasteiger partial charge in [-0.05, 0) is 24.2 Å². The predicted molar refractivity (Wildman–Crippen MR) is 66.3 cm³/mol. The zero-order chi connectivity index (χ0) is 11.8. The highest BCUT2D eigenvalue weighted by molar-refractivity contribution is 7.80. The van der Waals surface area contributed by atoms with Gasteiger partial charge in [0.1, 0.15) is 0 Å². The number of hydrogen-bond acceptors (Lipinski definition) is 3. The number of rotatable bonds is 3. The summed E-state index contributed by atoms with van der Waals surface area (Å²) in [6.45, 7) is 0.673. The van der Waals surface area contributed by atoms with E-state index in [4.69, 9.17) is 12.2 Å². The number of thiocarbonyl (C=S) groups is 1. The topological polar surface area (TPSA) is 50.4 Å². The zero-order valence-electron chi connectivity index (χ0n) is 9.03. The summed E-state index contributed by atoms with van der Waals surface area (Å²) < 4.78 is 4.41. The number of nitrogens with one attached hydrogen (secondary N) is 2. The lowest BCUT2D eigenvalue weighted by atomic mass is 10.1. The molecular formula is C11H14N2O2S. The van der Waals surface area contributed by atoms with Crippen molar-refractivity contribution in [2.45, 2.75) is 6.42 Å². The number of amides is 1. The van der Waals surface area contributed by atoms with Crippen LogP contribution in [0.15, 0.2) is 30.3 Å². The molecule has 0 saturated carbocycles. The number of hydrogen-bond donors (Lipinski definition) is 2. The number of carbonyl (C=O) groups excluding carboxylic acids is 1. The molecule has 16 heavy (non-hydrogen) atoms. The van der Waals surface area contributed by atoms with E-state index in [1.165, 1.54) is 12.7 Å². The molecule has 0 spiro atoms. The maximum absolute atomic E-state index is 10.8. The summed E-state index contributed by atoms with van der Waals surface area (Å²) in [7, 11) is 1.29. The summed E-state index contributed by atoms with van der Waals surface area (Å²) in [5, 5.41) is 5.57. The van der Waals surface area contributed by atoms with Gasteiger partial charge in [-0.25, -0.2) is 4.79 Å². The van der Waals surface area contributed by atoms with E-state index < -0.39 is 6.09 Å². The fourth-order valence-corrected chi connectivity index (χ4v) is 1.34. The minimum Gasteiger partial charge on any atom is -0.453 e. The van der Waals surface area contributed by atoms with Gasteiger partial charge in [0.05, 0.1) is 7.11 Å². The first kappa shape index (κ1) is 12.4. The molecule has 0 heterocycles. The largest absolute Gasteiger partial charge is 0.453 e. The molecule has 5 heteroatoms. The molecule has 0 bridgehead atoms. The Morgan fingerprint density at radius 3 is 2.69 bits per heavy atom. The van der Waals surface area contributed by atoms with Crippen molar-refractivity contribution in [2.75, 3.05) is 13.7 Å². The standard InChI is InChI=1S/C11H14N2O2S/c1-15-11(14)13-10(16)12-8-7-9-5-3-2-4-6-9/h2-6H,7-8H2,1H3,(H2,12,13,14,16). The Morgan fingerprint density at radius 2 is 2.06 bits per heavy atom. The Kier molecular flexibility index (Phi) is 5.28. The Hall–Kier alpha value is -1.62. The second kappa shape index (κ2) is 6.79. The van der Waals surface area contributed by atoms with Gasteiger partial charge in [-0.3, -0.25) is 5.32 Å². The van der Waals surface area contributed by atoms with Crippen molar-refractivity contribution >= 4 is 23.4 Å². The molecule has 0 radical (unpaired) electrons. The van der Waals surface area contributed by atoms with Crippen LogP contribution in [0.2, 0.25) is 0 Å². The van der Waals surface area contributed by atoms with Crippen LogP contribution in [0.4, 0.5) is 4.79 Å². The predicted octanol–water partition coefficient (Wildman–Crippen LogP) is 1.46. The molecule has 0 saturated heterocycles. The quantitative estimate of drug-likeness (QED) is 0.783. The van der Waals surface area contributed by atoms with Crippen molar-refractivity contribution in [3.63, 3.8) is 0 Å². The van der Waals surface area contributed by atoms with E-state index in [0.29, 0.717) is 6.54 Å². The summed E-state index contributed by atoms with van der Waals surface area (Å²) in [5.41, 5.74) is 1.22. The number of methoxy groups -OCH3 is 1. The van der Waals surface area contributed by atoms with Crippen LogP contribution in [0.1, 0.15) is 5.56 Å². The Morgan fingerprint density at radius 1 is 1.38 bits per heavy atom. The Bertz CT molecular complexity index is 354. The average molecular weight is 238 g/mol. The highest BCUT2D eigenvalue weighted by Crippen LogP contribution is 1.97. The summed E-state index contributed by atoms with van der Waals surface area (Å²) in [4.78, 5) is 10.8. The van der Waals surface area contributed by atoms with E-state index in [-0.39, 0.29) is 5.11 Å². The maximum atomic E-state index is 10.8. The van der Waals surface area contributed by atoms with E-state index in [1.807, 2.05) is 30.3 Å². The summed E-state index contributed by atoms with van der Waals surface area (Å²) >= 11 is 4.89. The van der Waals surface area contributed by atoms with Gasteiger partial charge in [0.2, 0.25) is 0 Å². The fourth-order valence-electron chi connectivity index (χ4n) is 1.15. The third kappa shape index (κ3) is 4.75. The molecule has 0 aromatic heterocycles. The lowest BCUT2D eigenvalue weighted by Crippen LogP contribution is -2.39. The third-order valence-electron chi connectivity index (χ3n) is 1.94. The molecule has 2 N–H and O–H groups in total. The summed E-state index contributed by atoms with van der Waals surface area (Å²) in [5.74, 6) is 0. The van der Waals surface area contributed by atoms with Gasteiger partial charge in [-0.15, -0.1) is 0 Å². The highest BCUT2D eigenvalue weighted by atomic mass is 32.1. The Labute approximate surface area is 100.0 Å². The molecule has 1 amide bonds. The van der Waals surface area contributed by atoms with Crippen LogP contribution in [-0.4, -0.2) is 24.9 Å².